The minimum absolute atomic E-state index is 0.0546. The summed E-state index contributed by atoms with van der Waals surface area (Å²) in [5.41, 5.74) is 5.84. The summed E-state index contributed by atoms with van der Waals surface area (Å²) in [6, 6.07) is 42.2. The first-order valence-electron chi connectivity index (χ1n) is 9.68. The Bertz CT molecular complexity index is 965. The molecule has 1 atom stereocenters. The van der Waals surface area contributed by atoms with E-state index in [4.69, 9.17) is 4.99 Å². The lowest BCUT2D eigenvalue weighted by Crippen LogP contribution is -2.09. The van der Waals surface area contributed by atoms with Crippen LogP contribution >= 0.6 is 0 Å². The number of hydrogen-bond acceptors (Lipinski definition) is 1. The van der Waals surface area contributed by atoms with Crippen molar-refractivity contribution in [1.29, 1.82) is 0 Å². The van der Waals surface area contributed by atoms with Gasteiger partial charge in [-0.05, 0) is 17.5 Å². The molecule has 28 heavy (non-hydrogen) atoms. The third-order valence-corrected chi connectivity index (χ3v) is 4.84. The van der Waals surface area contributed by atoms with E-state index >= 15 is 0 Å². The van der Waals surface area contributed by atoms with Crippen LogP contribution < -0.4 is 0 Å². The van der Waals surface area contributed by atoms with E-state index in [1.165, 1.54) is 11.1 Å². The topological polar surface area (TPSA) is 12.4 Å². The van der Waals surface area contributed by atoms with Gasteiger partial charge in [0.1, 0.15) is 0 Å². The van der Waals surface area contributed by atoms with Crippen LogP contribution in [0.25, 0.3) is 0 Å². The molecular formula is C27H23N. The molecule has 0 saturated heterocycles. The van der Waals surface area contributed by atoms with E-state index in [2.05, 4.69) is 109 Å². The fourth-order valence-corrected chi connectivity index (χ4v) is 3.41. The highest BCUT2D eigenvalue weighted by atomic mass is 14.8. The van der Waals surface area contributed by atoms with Crippen molar-refractivity contribution in [3.8, 4) is 0 Å². The van der Waals surface area contributed by atoms with Gasteiger partial charge in [-0.2, -0.15) is 0 Å². The summed E-state index contributed by atoms with van der Waals surface area (Å²) in [5.74, 6) is 0. The lowest BCUT2D eigenvalue weighted by molar-refractivity contribution is 0.725. The van der Waals surface area contributed by atoms with Crippen LogP contribution in [-0.2, 0) is 6.42 Å². The SMILES string of the molecule is c1ccc(C[C@H](N=C(c2ccccc2)c2ccccc2)c2ccccc2)cc1. The summed E-state index contributed by atoms with van der Waals surface area (Å²) in [7, 11) is 0. The van der Waals surface area contributed by atoms with Gasteiger partial charge in [0, 0.05) is 11.1 Å². The fourth-order valence-electron chi connectivity index (χ4n) is 3.41. The molecule has 0 radical (unpaired) electrons. The normalized spacial score (nSPS) is 11.6. The largest absolute Gasteiger partial charge is 0.276 e. The summed E-state index contributed by atoms with van der Waals surface area (Å²) in [6.45, 7) is 0. The number of rotatable bonds is 6. The molecule has 0 amide bonds. The summed E-state index contributed by atoms with van der Waals surface area (Å²) >= 11 is 0. The van der Waals surface area contributed by atoms with Crippen LogP contribution in [-0.4, -0.2) is 5.71 Å². The molecule has 1 heteroatoms. The molecule has 0 aliphatic rings. The van der Waals surface area contributed by atoms with Gasteiger partial charge in [0.15, 0.2) is 0 Å². The Balaban J connectivity index is 1.81. The predicted octanol–water partition coefficient (Wildman–Crippen LogP) is 6.51. The number of aliphatic imine (C=N–C) groups is 1. The zero-order valence-electron chi connectivity index (χ0n) is 15.8. The van der Waals surface area contributed by atoms with Crippen LogP contribution in [0.4, 0.5) is 0 Å². The molecule has 0 unspecified atom stereocenters. The van der Waals surface area contributed by atoms with E-state index in [-0.39, 0.29) is 6.04 Å². The van der Waals surface area contributed by atoms with E-state index in [0.717, 1.165) is 23.3 Å². The van der Waals surface area contributed by atoms with Crippen molar-refractivity contribution in [2.45, 2.75) is 12.5 Å². The molecular weight excluding hydrogens is 338 g/mol. The molecule has 4 aromatic rings. The Labute approximate surface area is 167 Å². The summed E-state index contributed by atoms with van der Waals surface area (Å²) in [5, 5.41) is 0. The van der Waals surface area contributed by atoms with Crippen LogP contribution in [0.1, 0.15) is 28.3 Å². The highest BCUT2D eigenvalue weighted by Gasteiger charge is 2.14. The van der Waals surface area contributed by atoms with Crippen molar-refractivity contribution in [2.24, 2.45) is 4.99 Å². The highest BCUT2D eigenvalue weighted by Crippen LogP contribution is 2.25. The molecule has 136 valence electrons. The van der Waals surface area contributed by atoms with Gasteiger partial charge in [-0.1, -0.05) is 121 Å². The second-order valence-electron chi connectivity index (χ2n) is 6.83. The van der Waals surface area contributed by atoms with Crippen LogP contribution in [0.3, 0.4) is 0 Å². The van der Waals surface area contributed by atoms with Gasteiger partial charge in [-0.3, -0.25) is 4.99 Å². The molecule has 4 rings (SSSR count). The van der Waals surface area contributed by atoms with Crippen molar-refractivity contribution >= 4 is 5.71 Å². The molecule has 0 aliphatic carbocycles. The zero-order chi connectivity index (χ0) is 19.0. The molecule has 0 N–H and O–H groups in total. The van der Waals surface area contributed by atoms with Crippen LogP contribution in [0.15, 0.2) is 126 Å². The van der Waals surface area contributed by atoms with Crippen molar-refractivity contribution in [2.75, 3.05) is 0 Å². The van der Waals surface area contributed by atoms with Gasteiger partial charge in [-0.15, -0.1) is 0 Å². The zero-order valence-corrected chi connectivity index (χ0v) is 15.8. The van der Waals surface area contributed by atoms with E-state index < -0.39 is 0 Å². The van der Waals surface area contributed by atoms with Gasteiger partial charge in [0.2, 0.25) is 0 Å². The third kappa shape index (κ3) is 4.44. The quantitative estimate of drug-likeness (QED) is 0.347. The van der Waals surface area contributed by atoms with Crippen LogP contribution in [0.5, 0.6) is 0 Å². The van der Waals surface area contributed by atoms with Gasteiger partial charge in [0.25, 0.3) is 0 Å². The number of hydrogen-bond donors (Lipinski definition) is 0. The van der Waals surface area contributed by atoms with Crippen molar-refractivity contribution in [3.63, 3.8) is 0 Å². The van der Waals surface area contributed by atoms with Crippen molar-refractivity contribution in [1.82, 2.24) is 0 Å². The lowest BCUT2D eigenvalue weighted by atomic mass is 9.97. The van der Waals surface area contributed by atoms with Crippen LogP contribution in [0.2, 0.25) is 0 Å². The Kier molecular flexibility index (Phi) is 5.74. The van der Waals surface area contributed by atoms with Gasteiger partial charge >= 0.3 is 0 Å². The summed E-state index contributed by atoms with van der Waals surface area (Å²) < 4.78 is 0. The number of nitrogens with zero attached hydrogens (tertiary/aromatic N) is 1. The molecule has 4 aromatic carbocycles. The smallest absolute Gasteiger partial charge is 0.0797 e. The first kappa shape index (κ1) is 17.9. The molecule has 0 bridgehead atoms. The first-order chi connectivity index (χ1) is 13.9. The molecule has 0 aromatic heterocycles. The average Bonchev–Trinajstić information content (AvgIpc) is 2.79. The molecule has 0 fully saturated rings. The monoisotopic (exact) mass is 361 g/mol. The van der Waals surface area contributed by atoms with E-state index in [9.17, 15) is 0 Å². The van der Waals surface area contributed by atoms with E-state index in [1.807, 2.05) is 12.1 Å². The molecule has 0 spiro atoms. The Morgan fingerprint density at radius 3 is 1.46 bits per heavy atom. The average molecular weight is 361 g/mol. The fraction of sp³-hybridized carbons (Fsp3) is 0.0741. The Hall–Kier alpha value is -3.45. The number of benzene rings is 4. The summed E-state index contributed by atoms with van der Waals surface area (Å²) in [4.78, 5) is 5.30. The Morgan fingerprint density at radius 2 is 0.964 bits per heavy atom. The highest BCUT2D eigenvalue weighted by molar-refractivity contribution is 6.13. The second-order valence-corrected chi connectivity index (χ2v) is 6.83. The predicted molar refractivity (Wildman–Crippen MR) is 118 cm³/mol. The minimum atomic E-state index is 0.0546. The van der Waals surface area contributed by atoms with Crippen molar-refractivity contribution < 1.29 is 0 Å². The minimum Gasteiger partial charge on any atom is -0.276 e. The second kappa shape index (κ2) is 8.96. The molecule has 0 aliphatic heterocycles. The van der Waals surface area contributed by atoms with Gasteiger partial charge < -0.3 is 0 Å². The van der Waals surface area contributed by atoms with E-state index in [0.29, 0.717) is 0 Å². The Morgan fingerprint density at radius 1 is 0.536 bits per heavy atom. The third-order valence-electron chi connectivity index (χ3n) is 4.84. The molecule has 1 nitrogen and oxygen atoms in total. The molecule has 0 heterocycles. The standard InChI is InChI=1S/C27H23N/c1-5-13-22(14-6-1)21-26(23-15-7-2-8-16-23)28-27(24-17-9-3-10-18-24)25-19-11-4-12-20-25/h1-20,26H,21H2/t26-/m0/s1. The van der Waals surface area contributed by atoms with Crippen molar-refractivity contribution in [3.05, 3.63) is 144 Å². The van der Waals surface area contributed by atoms with Crippen LogP contribution in [0, 0.1) is 0 Å². The maximum absolute atomic E-state index is 5.30. The molecule has 0 saturated carbocycles. The van der Waals surface area contributed by atoms with Gasteiger partial charge in [0.05, 0.1) is 11.8 Å². The maximum Gasteiger partial charge on any atom is 0.0797 e. The van der Waals surface area contributed by atoms with Gasteiger partial charge in [-0.25, -0.2) is 0 Å². The summed E-state index contributed by atoms with van der Waals surface area (Å²) in [6.07, 6.45) is 0.869. The maximum atomic E-state index is 5.30. The van der Waals surface area contributed by atoms with E-state index in [1.54, 1.807) is 0 Å². The first-order valence-corrected chi connectivity index (χ1v) is 9.68. The lowest BCUT2D eigenvalue weighted by Gasteiger charge is -2.17.